The molecule has 0 saturated carbocycles. The molecule has 1 aliphatic rings. The second kappa shape index (κ2) is 8.19. The van der Waals surface area contributed by atoms with E-state index in [0.717, 1.165) is 5.56 Å². The van der Waals surface area contributed by atoms with E-state index in [9.17, 15) is 10.1 Å². The van der Waals surface area contributed by atoms with Crippen molar-refractivity contribution in [3.05, 3.63) is 82.0 Å². The fraction of sp³-hybridized carbons (Fsp3) is 0.0909. The minimum Gasteiger partial charge on any atom is -0.497 e. The number of rotatable bonds is 4. The molecule has 30 heavy (non-hydrogen) atoms. The lowest BCUT2D eigenvalue weighted by Crippen LogP contribution is -2.45. The number of hydrogen-bond donors (Lipinski definition) is 2. The average Bonchev–Trinajstić information content (AvgIpc) is 3.24. The standard InChI is InChI=1S/C22H16ClN3O3S/c1-28-16-7-5-15(6-8-16)26-20(25-21(27)17(12-24)22(26)30)19-10-9-18(29-19)13-3-2-4-14(23)11-13/h2-11,20,30H,1H3,(H,25,27). The third-order valence-electron chi connectivity index (χ3n) is 4.67. The van der Waals surface area contributed by atoms with E-state index in [2.05, 4.69) is 17.9 Å². The Morgan fingerprint density at radius 1 is 1.20 bits per heavy atom. The Kier molecular flexibility index (Phi) is 5.44. The van der Waals surface area contributed by atoms with Gasteiger partial charge in [-0.3, -0.25) is 4.79 Å². The Hall–Kier alpha value is -3.34. The number of amides is 1. The minimum atomic E-state index is -0.691. The smallest absolute Gasteiger partial charge is 0.266 e. The SMILES string of the molecule is COc1ccc(N2C(S)=C(C#N)C(=O)NC2c2ccc(-c3cccc(Cl)c3)o2)cc1. The van der Waals surface area contributed by atoms with Gasteiger partial charge in [-0.15, -0.1) is 12.6 Å². The summed E-state index contributed by atoms with van der Waals surface area (Å²) in [5.41, 5.74) is 1.44. The molecule has 0 radical (unpaired) electrons. The summed E-state index contributed by atoms with van der Waals surface area (Å²) < 4.78 is 11.3. The van der Waals surface area contributed by atoms with Crippen LogP contribution in [-0.2, 0) is 4.79 Å². The molecule has 0 spiro atoms. The van der Waals surface area contributed by atoms with Gasteiger partial charge in [0.2, 0.25) is 0 Å². The number of anilines is 1. The maximum Gasteiger partial charge on any atom is 0.266 e. The number of benzene rings is 2. The molecular weight excluding hydrogens is 422 g/mol. The van der Waals surface area contributed by atoms with Gasteiger partial charge < -0.3 is 19.4 Å². The Labute approximate surface area is 183 Å². The molecule has 0 fully saturated rings. The second-order valence-corrected chi connectivity index (χ2v) is 7.33. The van der Waals surface area contributed by atoms with Crippen LogP contribution in [0.5, 0.6) is 5.75 Å². The van der Waals surface area contributed by atoms with Gasteiger partial charge in [0.25, 0.3) is 5.91 Å². The van der Waals surface area contributed by atoms with Crippen LogP contribution < -0.4 is 15.0 Å². The number of methoxy groups -OCH3 is 1. The highest BCUT2D eigenvalue weighted by molar-refractivity contribution is 7.84. The van der Waals surface area contributed by atoms with Gasteiger partial charge >= 0.3 is 0 Å². The van der Waals surface area contributed by atoms with E-state index >= 15 is 0 Å². The number of carbonyl (C=O) groups is 1. The van der Waals surface area contributed by atoms with E-state index in [4.69, 9.17) is 20.8 Å². The van der Waals surface area contributed by atoms with Crippen LogP contribution >= 0.6 is 24.2 Å². The number of nitrogens with one attached hydrogen (secondary N) is 1. The van der Waals surface area contributed by atoms with E-state index in [1.165, 1.54) is 0 Å². The molecule has 3 aromatic rings. The van der Waals surface area contributed by atoms with E-state index < -0.39 is 12.1 Å². The molecule has 1 amide bonds. The van der Waals surface area contributed by atoms with Crippen LogP contribution in [0, 0.1) is 11.3 Å². The predicted octanol–water partition coefficient (Wildman–Crippen LogP) is 4.91. The number of nitrogens with zero attached hydrogens (tertiary/aromatic N) is 2. The first-order valence-corrected chi connectivity index (χ1v) is 9.77. The van der Waals surface area contributed by atoms with Crippen molar-refractivity contribution in [3.8, 4) is 23.1 Å². The molecule has 1 aromatic heterocycles. The van der Waals surface area contributed by atoms with Crippen LogP contribution in [0.25, 0.3) is 11.3 Å². The van der Waals surface area contributed by atoms with Gasteiger partial charge in [-0.05, 0) is 48.5 Å². The van der Waals surface area contributed by atoms with Crippen LogP contribution in [-0.4, -0.2) is 13.0 Å². The Morgan fingerprint density at radius 2 is 1.97 bits per heavy atom. The van der Waals surface area contributed by atoms with Crippen molar-refractivity contribution < 1.29 is 13.9 Å². The quantitative estimate of drug-likeness (QED) is 0.567. The van der Waals surface area contributed by atoms with Gasteiger partial charge in [0, 0.05) is 16.3 Å². The lowest BCUT2D eigenvalue weighted by molar-refractivity contribution is -0.118. The van der Waals surface area contributed by atoms with Gasteiger partial charge in [0.05, 0.1) is 12.1 Å². The zero-order valence-electron chi connectivity index (χ0n) is 15.8. The summed E-state index contributed by atoms with van der Waals surface area (Å²) in [4.78, 5) is 14.2. The lowest BCUT2D eigenvalue weighted by atomic mass is 10.1. The highest BCUT2D eigenvalue weighted by Gasteiger charge is 2.35. The summed E-state index contributed by atoms with van der Waals surface area (Å²) in [6.45, 7) is 0. The summed E-state index contributed by atoms with van der Waals surface area (Å²) >= 11 is 10.6. The molecular formula is C22H16ClN3O3S. The molecule has 1 atom stereocenters. The molecule has 2 aromatic carbocycles. The topological polar surface area (TPSA) is 78.5 Å². The van der Waals surface area contributed by atoms with E-state index in [1.807, 2.05) is 30.3 Å². The molecule has 150 valence electrons. The van der Waals surface area contributed by atoms with Crippen molar-refractivity contribution in [3.63, 3.8) is 0 Å². The number of hydrogen-bond acceptors (Lipinski definition) is 6. The van der Waals surface area contributed by atoms with E-state index in [-0.39, 0.29) is 10.6 Å². The molecule has 0 bridgehead atoms. The average molecular weight is 438 g/mol. The van der Waals surface area contributed by atoms with Crippen molar-refractivity contribution in [2.45, 2.75) is 6.17 Å². The number of ether oxygens (including phenoxy) is 1. The molecule has 1 aliphatic heterocycles. The minimum absolute atomic E-state index is 0.0768. The van der Waals surface area contributed by atoms with Gasteiger partial charge in [0.15, 0.2) is 6.17 Å². The van der Waals surface area contributed by atoms with Crippen molar-refractivity contribution in [1.82, 2.24) is 5.32 Å². The fourth-order valence-corrected chi connectivity index (χ4v) is 3.79. The van der Waals surface area contributed by atoms with Crippen LogP contribution in [0.4, 0.5) is 5.69 Å². The van der Waals surface area contributed by atoms with Crippen molar-refractivity contribution in [2.75, 3.05) is 12.0 Å². The zero-order valence-corrected chi connectivity index (χ0v) is 17.4. The number of carbonyl (C=O) groups excluding carboxylic acids is 1. The van der Waals surface area contributed by atoms with Crippen molar-refractivity contribution >= 4 is 35.8 Å². The van der Waals surface area contributed by atoms with Crippen molar-refractivity contribution in [2.24, 2.45) is 0 Å². The zero-order chi connectivity index (χ0) is 21.3. The number of furan rings is 1. The van der Waals surface area contributed by atoms with Crippen LogP contribution in [0.1, 0.15) is 11.9 Å². The Bertz CT molecular complexity index is 1180. The maximum atomic E-state index is 12.5. The first-order valence-electron chi connectivity index (χ1n) is 8.95. The number of thiol groups is 1. The third kappa shape index (κ3) is 3.63. The van der Waals surface area contributed by atoms with Gasteiger partial charge in [0.1, 0.15) is 28.9 Å². The molecule has 1 unspecified atom stereocenters. The molecule has 0 aliphatic carbocycles. The summed E-state index contributed by atoms with van der Waals surface area (Å²) in [6.07, 6.45) is -0.691. The normalized spacial score (nSPS) is 16.3. The highest BCUT2D eigenvalue weighted by Crippen LogP contribution is 2.38. The Balaban J connectivity index is 1.78. The molecule has 2 heterocycles. The van der Waals surface area contributed by atoms with Crippen LogP contribution in [0.2, 0.25) is 5.02 Å². The molecule has 1 N–H and O–H groups in total. The van der Waals surface area contributed by atoms with Crippen LogP contribution in [0.15, 0.2) is 75.7 Å². The summed E-state index contributed by atoms with van der Waals surface area (Å²) in [5.74, 6) is 1.26. The van der Waals surface area contributed by atoms with Crippen LogP contribution in [0.3, 0.4) is 0 Å². The first kappa shape index (κ1) is 20.0. The number of nitriles is 1. The molecule has 4 rings (SSSR count). The lowest BCUT2D eigenvalue weighted by Gasteiger charge is -2.36. The van der Waals surface area contributed by atoms with Gasteiger partial charge in [-0.2, -0.15) is 5.26 Å². The summed E-state index contributed by atoms with van der Waals surface area (Å²) in [5, 5.41) is 13.1. The van der Waals surface area contributed by atoms with Gasteiger partial charge in [-0.1, -0.05) is 23.7 Å². The Morgan fingerprint density at radius 3 is 2.63 bits per heavy atom. The van der Waals surface area contributed by atoms with Crippen molar-refractivity contribution in [1.29, 1.82) is 5.26 Å². The predicted molar refractivity (Wildman–Crippen MR) is 117 cm³/mol. The summed E-state index contributed by atoms with van der Waals surface area (Å²) in [7, 11) is 1.58. The molecule has 8 heteroatoms. The van der Waals surface area contributed by atoms with E-state index in [0.29, 0.717) is 28.0 Å². The highest BCUT2D eigenvalue weighted by atomic mass is 35.5. The monoisotopic (exact) mass is 437 g/mol. The summed E-state index contributed by atoms with van der Waals surface area (Å²) in [6, 6.07) is 20.0. The van der Waals surface area contributed by atoms with E-state index in [1.54, 1.807) is 48.4 Å². The second-order valence-electron chi connectivity index (χ2n) is 6.47. The largest absolute Gasteiger partial charge is 0.497 e. The fourth-order valence-electron chi connectivity index (χ4n) is 3.22. The first-order chi connectivity index (χ1) is 14.5. The third-order valence-corrected chi connectivity index (χ3v) is 5.35. The maximum absolute atomic E-state index is 12.5. The number of halogens is 1. The van der Waals surface area contributed by atoms with Gasteiger partial charge in [-0.25, -0.2) is 0 Å². The molecule has 0 saturated heterocycles. The molecule has 6 nitrogen and oxygen atoms in total.